The first kappa shape index (κ1) is 6.81. The Morgan fingerprint density at radius 3 is 2.83 bits per heavy atom. The Kier molecular flexibility index (Phi) is 1.12. The van der Waals surface area contributed by atoms with Gasteiger partial charge in [0.1, 0.15) is 12.1 Å². The van der Waals surface area contributed by atoms with Crippen molar-refractivity contribution in [3.8, 4) is 0 Å². The molecule has 0 N–H and O–H groups in total. The second-order valence-corrected chi connectivity index (χ2v) is 4.49. The van der Waals surface area contributed by atoms with Crippen molar-refractivity contribution in [3.63, 3.8) is 0 Å². The number of aldehydes is 1. The van der Waals surface area contributed by atoms with Crippen LogP contribution in [0.5, 0.6) is 0 Å². The summed E-state index contributed by atoms with van der Waals surface area (Å²) >= 11 is 0. The normalized spacial score (nSPS) is 55.0. The lowest BCUT2D eigenvalue weighted by Gasteiger charge is -2.26. The van der Waals surface area contributed by atoms with E-state index in [4.69, 9.17) is 0 Å². The quantitative estimate of drug-likeness (QED) is 0.428. The summed E-state index contributed by atoms with van der Waals surface area (Å²) in [7, 11) is 0. The molecule has 0 aromatic rings. The van der Waals surface area contributed by atoms with Crippen LogP contribution in [0.2, 0.25) is 0 Å². The van der Waals surface area contributed by atoms with Crippen molar-refractivity contribution in [2.75, 3.05) is 0 Å². The molecule has 2 bridgehead atoms. The topological polar surface area (TPSA) is 34.1 Å². The number of hydrogen-bond acceptors (Lipinski definition) is 2. The summed E-state index contributed by atoms with van der Waals surface area (Å²) in [6, 6.07) is 0. The van der Waals surface area contributed by atoms with Gasteiger partial charge in [-0.15, -0.1) is 0 Å². The summed E-state index contributed by atoms with van der Waals surface area (Å²) < 4.78 is 0. The van der Waals surface area contributed by atoms with Crippen LogP contribution < -0.4 is 0 Å². The van der Waals surface area contributed by atoms with Crippen molar-refractivity contribution < 1.29 is 9.59 Å². The molecule has 3 aliphatic rings. The van der Waals surface area contributed by atoms with Crippen LogP contribution in [0, 0.1) is 29.6 Å². The molecule has 0 aliphatic heterocycles. The predicted molar refractivity (Wildman–Crippen MR) is 42.4 cm³/mol. The van der Waals surface area contributed by atoms with E-state index in [-0.39, 0.29) is 11.7 Å². The molecule has 3 saturated carbocycles. The minimum absolute atomic E-state index is 0.223. The van der Waals surface area contributed by atoms with Crippen LogP contribution in [0.25, 0.3) is 0 Å². The molecule has 0 aromatic carbocycles. The van der Waals surface area contributed by atoms with E-state index in [1.165, 1.54) is 6.42 Å². The molecule has 2 nitrogen and oxygen atoms in total. The van der Waals surface area contributed by atoms with Crippen molar-refractivity contribution in [1.29, 1.82) is 0 Å². The van der Waals surface area contributed by atoms with Gasteiger partial charge in [0.05, 0.1) is 5.92 Å². The molecular weight excluding hydrogens is 152 g/mol. The summed E-state index contributed by atoms with van der Waals surface area (Å²) in [6.07, 6.45) is 4.37. The molecule has 0 radical (unpaired) electrons. The van der Waals surface area contributed by atoms with Gasteiger partial charge in [-0.2, -0.15) is 0 Å². The van der Waals surface area contributed by atoms with Gasteiger partial charge in [-0.1, -0.05) is 0 Å². The first-order valence-electron chi connectivity index (χ1n) is 4.82. The number of carbonyl (C=O) groups excluding carboxylic acids is 2. The molecule has 2 heteroatoms. The average Bonchev–Trinajstić information content (AvgIpc) is 2.80. The third kappa shape index (κ3) is 0.621. The summed E-state index contributed by atoms with van der Waals surface area (Å²) in [5.74, 6) is 2.13. The smallest absolute Gasteiger partial charge is 0.146 e. The van der Waals surface area contributed by atoms with Crippen molar-refractivity contribution in [1.82, 2.24) is 0 Å². The van der Waals surface area contributed by atoms with Crippen LogP contribution >= 0.6 is 0 Å². The second kappa shape index (κ2) is 1.98. The zero-order valence-electron chi connectivity index (χ0n) is 6.90. The number of ketones is 1. The van der Waals surface area contributed by atoms with Gasteiger partial charge in [0, 0.05) is 5.92 Å². The minimum Gasteiger partial charge on any atom is -0.303 e. The molecule has 5 atom stereocenters. The van der Waals surface area contributed by atoms with Crippen LogP contribution in [0.3, 0.4) is 0 Å². The minimum atomic E-state index is -0.223. The Morgan fingerprint density at radius 1 is 1.25 bits per heavy atom. The average molecular weight is 164 g/mol. The summed E-state index contributed by atoms with van der Waals surface area (Å²) in [5, 5.41) is 0. The molecule has 3 rings (SSSR count). The van der Waals surface area contributed by atoms with E-state index in [9.17, 15) is 9.59 Å². The second-order valence-electron chi connectivity index (χ2n) is 4.49. The van der Waals surface area contributed by atoms with Gasteiger partial charge in [-0.05, 0) is 37.0 Å². The number of carbonyl (C=O) groups is 2. The molecule has 3 aliphatic carbocycles. The largest absolute Gasteiger partial charge is 0.303 e. The fraction of sp³-hybridized carbons (Fsp3) is 0.800. The van der Waals surface area contributed by atoms with Crippen LogP contribution in [0.15, 0.2) is 0 Å². The van der Waals surface area contributed by atoms with Crippen LogP contribution in [-0.2, 0) is 9.59 Å². The molecule has 0 saturated heterocycles. The summed E-state index contributed by atoms with van der Waals surface area (Å²) in [6.45, 7) is 0. The Hall–Kier alpha value is -0.660. The number of fused-ring (bicyclic) bond motifs is 2. The monoisotopic (exact) mass is 164 g/mol. The zero-order chi connectivity index (χ0) is 8.29. The van der Waals surface area contributed by atoms with Gasteiger partial charge in [0.25, 0.3) is 0 Å². The standard InChI is InChI=1S/C10H12O2/c11-4-8-5-1-2-6-7(3-5)9(6)10(8)12/h4-9H,1-3H2. The fourth-order valence-corrected chi connectivity index (χ4v) is 3.41. The van der Waals surface area contributed by atoms with Gasteiger partial charge in [-0.25, -0.2) is 0 Å². The highest BCUT2D eigenvalue weighted by Crippen LogP contribution is 2.62. The zero-order valence-corrected chi connectivity index (χ0v) is 6.90. The summed E-state index contributed by atoms with van der Waals surface area (Å²) in [5.41, 5.74) is 0. The lowest BCUT2D eigenvalue weighted by atomic mass is 9.76. The highest BCUT2D eigenvalue weighted by atomic mass is 16.1. The number of rotatable bonds is 1. The van der Waals surface area contributed by atoms with E-state index in [2.05, 4.69) is 0 Å². The summed E-state index contributed by atoms with van der Waals surface area (Å²) in [4.78, 5) is 22.3. The first-order valence-corrected chi connectivity index (χ1v) is 4.82. The van der Waals surface area contributed by atoms with Gasteiger partial charge in [0.15, 0.2) is 0 Å². The molecule has 0 aromatic heterocycles. The van der Waals surface area contributed by atoms with E-state index in [1.807, 2.05) is 0 Å². The maximum absolute atomic E-state index is 11.6. The van der Waals surface area contributed by atoms with Gasteiger partial charge < -0.3 is 4.79 Å². The Bertz CT molecular complexity index is 255. The van der Waals surface area contributed by atoms with E-state index < -0.39 is 0 Å². The van der Waals surface area contributed by atoms with Gasteiger partial charge >= 0.3 is 0 Å². The Balaban J connectivity index is 1.98. The lowest BCUT2D eigenvalue weighted by Crippen LogP contribution is -2.31. The molecular formula is C10H12O2. The van der Waals surface area contributed by atoms with E-state index >= 15 is 0 Å². The molecule has 0 heterocycles. The highest BCUT2D eigenvalue weighted by Gasteiger charge is 2.62. The lowest BCUT2D eigenvalue weighted by molar-refractivity contribution is -0.132. The third-order valence-corrected chi connectivity index (χ3v) is 4.09. The van der Waals surface area contributed by atoms with Crippen molar-refractivity contribution in [3.05, 3.63) is 0 Å². The van der Waals surface area contributed by atoms with Crippen LogP contribution in [0.1, 0.15) is 19.3 Å². The molecule has 0 amide bonds. The van der Waals surface area contributed by atoms with Gasteiger partial charge in [0.2, 0.25) is 0 Å². The molecule has 3 fully saturated rings. The maximum atomic E-state index is 11.6. The Labute approximate surface area is 71.3 Å². The molecule has 64 valence electrons. The van der Waals surface area contributed by atoms with Crippen molar-refractivity contribution in [2.24, 2.45) is 29.6 Å². The molecule has 0 spiro atoms. The first-order chi connectivity index (χ1) is 5.83. The number of hydrogen-bond donors (Lipinski definition) is 0. The predicted octanol–water partition coefficient (Wildman–Crippen LogP) is 1.05. The SMILES string of the molecule is O=CC1C(=O)C2C3CCC1CC32. The van der Waals surface area contributed by atoms with E-state index in [0.717, 1.165) is 19.1 Å². The van der Waals surface area contributed by atoms with E-state index in [1.54, 1.807) is 0 Å². The van der Waals surface area contributed by atoms with Crippen LogP contribution in [-0.4, -0.2) is 12.1 Å². The van der Waals surface area contributed by atoms with Crippen molar-refractivity contribution >= 4 is 12.1 Å². The molecule has 5 unspecified atom stereocenters. The molecule has 12 heavy (non-hydrogen) atoms. The number of Topliss-reactive ketones (excluding diaryl/α,β-unsaturated/α-hetero) is 1. The van der Waals surface area contributed by atoms with E-state index in [0.29, 0.717) is 23.7 Å². The van der Waals surface area contributed by atoms with Gasteiger partial charge in [-0.3, -0.25) is 4.79 Å². The van der Waals surface area contributed by atoms with Crippen molar-refractivity contribution in [2.45, 2.75) is 19.3 Å². The fourth-order valence-electron chi connectivity index (χ4n) is 3.41. The highest BCUT2D eigenvalue weighted by molar-refractivity contribution is 5.98. The maximum Gasteiger partial charge on any atom is 0.146 e. The Morgan fingerprint density at radius 2 is 2.08 bits per heavy atom. The van der Waals surface area contributed by atoms with Crippen LogP contribution in [0.4, 0.5) is 0 Å². The third-order valence-electron chi connectivity index (χ3n) is 4.09.